The fraction of sp³-hybridized carbons (Fsp3) is 0.316. The van der Waals surface area contributed by atoms with Gasteiger partial charge in [-0.3, -0.25) is 4.79 Å². The van der Waals surface area contributed by atoms with Crippen molar-refractivity contribution in [3.8, 4) is 5.75 Å². The highest BCUT2D eigenvalue weighted by atomic mass is 35.5. The van der Waals surface area contributed by atoms with E-state index in [1.807, 2.05) is 38.1 Å². The number of rotatable bonds is 3. The third kappa shape index (κ3) is 3.70. The van der Waals surface area contributed by atoms with E-state index in [4.69, 9.17) is 16.3 Å². The van der Waals surface area contributed by atoms with Crippen molar-refractivity contribution in [2.75, 3.05) is 0 Å². The number of fused-ring (bicyclic) bond motifs is 1. The summed E-state index contributed by atoms with van der Waals surface area (Å²) in [6.07, 6.45) is 0.627. The van der Waals surface area contributed by atoms with Crippen LogP contribution in [0.1, 0.15) is 37.4 Å². The van der Waals surface area contributed by atoms with E-state index >= 15 is 0 Å². The van der Waals surface area contributed by atoms with Crippen molar-refractivity contribution in [1.82, 2.24) is 5.32 Å². The van der Waals surface area contributed by atoms with Crippen LogP contribution in [-0.4, -0.2) is 11.5 Å². The fourth-order valence-corrected chi connectivity index (χ4v) is 3.17. The number of hydrogen-bond donors (Lipinski definition) is 1. The van der Waals surface area contributed by atoms with Gasteiger partial charge in [0.25, 0.3) is 0 Å². The SMILES string of the molecule is CC1(C)C[C@H](NC(=O)Cc2ccc(Cl)cc2F)c2ccccc2O1. The van der Waals surface area contributed by atoms with Gasteiger partial charge in [-0.05, 0) is 37.6 Å². The van der Waals surface area contributed by atoms with Gasteiger partial charge in [-0.15, -0.1) is 0 Å². The molecule has 0 spiro atoms. The van der Waals surface area contributed by atoms with Crippen molar-refractivity contribution < 1.29 is 13.9 Å². The van der Waals surface area contributed by atoms with Gasteiger partial charge in [-0.2, -0.15) is 0 Å². The second-order valence-corrected chi connectivity index (χ2v) is 7.07. The normalized spacial score (nSPS) is 18.4. The van der Waals surface area contributed by atoms with Crippen LogP contribution in [0, 0.1) is 5.82 Å². The lowest BCUT2D eigenvalue weighted by atomic mass is 9.89. The number of carbonyl (C=O) groups excluding carboxylic acids is 1. The Morgan fingerprint density at radius 3 is 2.83 bits per heavy atom. The highest BCUT2D eigenvalue weighted by molar-refractivity contribution is 6.30. The van der Waals surface area contributed by atoms with Gasteiger partial charge in [0.1, 0.15) is 17.2 Å². The standard InChI is InChI=1S/C19H19ClFNO2/c1-19(2)11-16(14-5-3-4-6-17(14)24-19)22-18(23)9-12-7-8-13(20)10-15(12)21/h3-8,10,16H,9,11H2,1-2H3,(H,22,23)/t16-/m0/s1. The van der Waals surface area contributed by atoms with Gasteiger partial charge in [0, 0.05) is 17.0 Å². The lowest BCUT2D eigenvalue weighted by Gasteiger charge is -2.37. The number of halogens is 2. The molecule has 0 fully saturated rings. The molecule has 5 heteroatoms. The first kappa shape index (κ1) is 16.8. The largest absolute Gasteiger partial charge is 0.487 e. The lowest BCUT2D eigenvalue weighted by molar-refractivity contribution is -0.121. The summed E-state index contributed by atoms with van der Waals surface area (Å²) in [6.45, 7) is 3.97. The van der Waals surface area contributed by atoms with E-state index in [2.05, 4.69) is 5.32 Å². The molecule has 0 saturated carbocycles. The zero-order chi connectivity index (χ0) is 17.3. The van der Waals surface area contributed by atoms with Crippen LogP contribution in [-0.2, 0) is 11.2 Å². The van der Waals surface area contributed by atoms with Crippen LogP contribution in [0.3, 0.4) is 0 Å². The zero-order valence-corrected chi connectivity index (χ0v) is 14.4. The molecule has 0 saturated heterocycles. The van der Waals surface area contributed by atoms with Crippen LogP contribution in [0.2, 0.25) is 5.02 Å². The van der Waals surface area contributed by atoms with Crippen LogP contribution in [0.5, 0.6) is 5.75 Å². The van der Waals surface area contributed by atoms with Crippen LogP contribution in [0.25, 0.3) is 0 Å². The Balaban J connectivity index is 1.76. The molecule has 0 unspecified atom stereocenters. The Labute approximate surface area is 145 Å². The Bertz CT molecular complexity index is 776. The number of nitrogens with one attached hydrogen (secondary N) is 1. The Morgan fingerprint density at radius 1 is 1.33 bits per heavy atom. The van der Waals surface area contributed by atoms with Crippen LogP contribution in [0.4, 0.5) is 4.39 Å². The number of amides is 1. The first-order chi connectivity index (χ1) is 11.3. The molecule has 3 nitrogen and oxygen atoms in total. The monoisotopic (exact) mass is 347 g/mol. The van der Waals surface area contributed by atoms with Crippen molar-refractivity contribution in [2.24, 2.45) is 0 Å². The molecule has 1 atom stereocenters. The van der Waals surface area contributed by atoms with Crippen molar-refractivity contribution in [3.63, 3.8) is 0 Å². The number of para-hydroxylation sites is 1. The Kier molecular flexibility index (Phi) is 4.50. The van der Waals surface area contributed by atoms with Gasteiger partial charge in [0.2, 0.25) is 5.91 Å². The number of carbonyl (C=O) groups is 1. The Hall–Kier alpha value is -2.07. The summed E-state index contributed by atoms with van der Waals surface area (Å²) in [6, 6.07) is 11.8. The van der Waals surface area contributed by atoms with Gasteiger partial charge < -0.3 is 10.1 Å². The molecule has 3 rings (SSSR count). The quantitative estimate of drug-likeness (QED) is 0.891. The predicted octanol–water partition coefficient (Wildman–Crippen LogP) is 4.44. The molecule has 0 aliphatic carbocycles. The second kappa shape index (κ2) is 6.44. The minimum atomic E-state index is -0.467. The smallest absolute Gasteiger partial charge is 0.225 e. The highest BCUT2D eigenvalue weighted by Gasteiger charge is 2.34. The highest BCUT2D eigenvalue weighted by Crippen LogP contribution is 2.39. The van der Waals surface area contributed by atoms with E-state index in [0.29, 0.717) is 17.0 Å². The summed E-state index contributed by atoms with van der Waals surface area (Å²) < 4.78 is 19.8. The predicted molar refractivity (Wildman–Crippen MR) is 91.8 cm³/mol. The van der Waals surface area contributed by atoms with E-state index in [-0.39, 0.29) is 24.0 Å². The fourth-order valence-electron chi connectivity index (χ4n) is 3.01. The minimum absolute atomic E-state index is 0.0248. The number of hydrogen-bond acceptors (Lipinski definition) is 2. The summed E-state index contributed by atoms with van der Waals surface area (Å²) in [4.78, 5) is 12.4. The number of ether oxygens (including phenoxy) is 1. The maximum Gasteiger partial charge on any atom is 0.225 e. The summed E-state index contributed by atoms with van der Waals surface area (Å²) in [5.74, 6) is 0.0795. The maximum atomic E-state index is 13.9. The minimum Gasteiger partial charge on any atom is -0.487 e. The average molecular weight is 348 g/mol. The van der Waals surface area contributed by atoms with Crippen LogP contribution in [0.15, 0.2) is 42.5 Å². The van der Waals surface area contributed by atoms with Crippen molar-refractivity contribution in [2.45, 2.75) is 38.3 Å². The maximum absolute atomic E-state index is 13.9. The van der Waals surface area contributed by atoms with Crippen LogP contribution < -0.4 is 10.1 Å². The van der Waals surface area contributed by atoms with Crippen molar-refractivity contribution in [1.29, 1.82) is 0 Å². The molecule has 0 aromatic heterocycles. The third-order valence-corrected chi connectivity index (χ3v) is 4.31. The first-order valence-corrected chi connectivity index (χ1v) is 8.23. The van der Waals surface area contributed by atoms with Gasteiger partial charge in [0.15, 0.2) is 0 Å². The summed E-state index contributed by atoms with van der Waals surface area (Å²) in [5.41, 5.74) is 0.899. The molecule has 24 heavy (non-hydrogen) atoms. The van der Waals surface area contributed by atoms with Gasteiger partial charge in [-0.25, -0.2) is 4.39 Å². The van der Waals surface area contributed by atoms with Crippen molar-refractivity contribution >= 4 is 17.5 Å². The molecule has 1 aliphatic heterocycles. The first-order valence-electron chi connectivity index (χ1n) is 7.85. The molecule has 1 N–H and O–H groups in total. The molecule has 0 bridgehead atoms. The third-order valence-electron chi connectivity index (χ3n) is 4.08. The Morgan fingerprint density at radius 2 is 2.08 bits per heavy atom. The van der Waals surface area contributed by atoms with E-state index in [1.54, 1.807) is 12.1 Å². The van der Waals surface area contributed by atoms with Gasteiger partial charge in [-0.1, -0.05) is 35.9 Å². The molecule has 1 aliphatic rings. The molecule has 1 amide bonds. The van der Waals surface area contributed by atoms with Gasteiger partial charge >= 0.3 is 0 Å². The molecule has 0 radical (unpaired) electrons. The van der Waals surface area contributed by atoms with Crippen molar-refractivity contribution in [3.05, 3.63) is 64.4 Å². The lowest BCUT2D eigenvalue weighted by Crippen LogP contribution is -2.41. The molecule has 126 valence electrons. The number of benzene rings is 2. The molecular formula is C19H19ClFNO2. The van der Waals surface area contributed by atoms with Crippen LogP contribution >= 0.6 is 11.6 Å². The molecule has 1 heterocycles. The summed E-state index contributed by atoms with van der Waals surface area (Å²) in [7, 11) is 0. The molecule has 2 aromatic carbocycles. The topological polar surface area (TPSA) is 38.3 Å². The van der Waals surface area contributed by atoms with E-state index in [1.165, 1.54) is 6.07 Å². The average Bonchev–Trinajstić information content (AvgIpc) is 2.49. The van der Waals surface area contributed by atoms with Gasteiger partial charge in [0.05, 0.1) is 12.5 Å². The zero-order valence-electron chi connectivity index (χ0n) is 13.6. The summed E-state index contributed by atoms with van der Waals surface area (Å²) in [5, 5.41) is 3.32. The molecular weight excluding hydrogens is 329 g/mol. The van der Waals surface area contributed by atoms with E-state index < -0.39 is 5.82 Å². The molecule has 2 aromatic rings. The summed E-state index contributed by atoms with van der Waals surface area (Å²) >= 11 is 5.74. The van der Waals surface area contributed by atoms with E-state index in [0.717, 1.165) is 11.3 Å². The van der Waals surface area contributed by atoms with E-state index in [9.17, 15) is 9.18 Å². The second-order valence-electron chi connectivity index (χ2n) is 6.64.